The van der Waals surface area contributed by atoms with Crippen molar-refractivity contribution in [2.45, 2.75) is 6.42 Å². The Morgan fingerprint density at radius 1 is 0.571 bits per heavy atom. The van der Waals surface area contributed by atoms with Gasteiger partial charge in [-0.3, -0.25) is 0 Å². The summed E-state index contributed by atoms with van der Waals surface area (Å²) >= 11 is 0. The van der Waals surface area contributed by atoms with Gasteiger partial charge in [0, 0.05) is 5.56 Å². The number of benzene rings is 4. The van der Waals surface area contributed by atoms with E-state index in [0.29, 0.717) is 5.75 Å². The maximum atomic E-state index is 8.52. The van der Waals surface area contributed by atoms with Gasteiger partial charge in [-0.2, -0.15) is 0 Å². The summed E-state index contributed by atoms with van der Waals surface area (Å²) in [5.41, 5.74) is 7.73. The molecular formula is C26H19NO. The standard InChI is InChI=1S/C13H9NO.C13H10/c14-10-15-13-9-5-4-8-12(13)11-6-2-1-3-7-11;1-3-7-12-10(5-1)9-11-6-2-4-8-13(11)12/h1-9H;1-8H,9H2. The summed E-state index contributed by atoms with van der Waals surface area (Å²) in [5.74, 6) is 0.589. The third kappa shape index (κ3) is 3.65. The van der Waals surface area contributed by atoms with Gasteiger partial charge in [0.2, 0.25) is 0 Å². The summed E-state index contributed by atoms with van der Waals surface area (Å²) in [6, 6.07) is 34.6. The zero-order chi connectivity index (χ0) is 19.2. The normalized spacial score (nSPS) is 10.7. The van der Waals surface area contributed by atoms with Crippen molar-refractivity contribution in [2.24, 2.45) is 0 Å². The molecule has 1 aliphatic rings. The van der Waals surface area contributed by atoms with Gasteiger partial charge >= 0.3 is 0 Å². The first-order valence-corrected chi connectivity index (χ1v) is 9.23. The smallest absolute Gasteiger partial charge is 0.292 e. The van der Waals surface area contributed by atoms with Gasteiger partial charge < -0.3 is 4.74 Å². The molecule has 2 nitrogen and oxygen atoms in total. The van der Waals surface area contributed by atoms with E-state index in [9.17, 15) is 0 Å². The minimum Gasteiger partial charge on any atom is -0.387 e. The lowest BCUT2D eigenvalue weighted by Gasteiger charge is -2.05. The van der Waals surface area contributed by atoms with E-state index in [0.717, 1.165) is 17.5 Å². The van der Waals surface area contributed by atoms with Crippen molar-refractivity contribution in [3.8, 4) is 34.3 Å². The molecule has 134 valence electrons. The molecule has 0 aromatic heterocycles. The molecule has 0 fully saturated rings. The lowest BCUT2D eigenvalue weighted by molar-refractivity contribution is 0.509. The van der Waals surface area contributed by atoms with Crippen LogP contribution in [-0.4, -0.2) is 0 Å². The van der Waals surface area contributed by atoms with Crippen molar-refractivity contribution in [2.75, 3.05) is 0 Å². The quantitative estimate of drug-likeness (QED) is 0.338. The second-order valence-electron chi connectivity index (χ2n) is 6.55. The Kier molecular flexibility index (Phi) is 5.17. The minimum atomic E-state index is 0.589. The first-order chi connectivity index (χ1) is 13.9. The molecule has 0 aliphatic heterocycles. The molecule has 28 heavy (non-hydrogen) atoms. The van der Waals surface area contributed by atoms with E-state index in [1.807, 2.05) is 48.5 Å². The first kappa shape index (κ1) is 17.6. The van der Waals surface area contributed by atoms with Crippen LogP contribution < -0.4 is 4.74 Å². The van der Waals surface area contributed by atoms with Gasteiger partial charge in [0.05, 0.1) is 0 Å². The fourth-order valence-corrected chi connectivity index (χ4v) is 3.54. The molecule has 2 heteroatoms. The van der Waals surface area contributed by atoms with Gasteiger partial charge in [-0.05, 0) is 40.3 Å². The molecule has 0 unspecified atom stereocenters. The largest absolute Gasteiger partial charge is 0.387 e. The van der Waals surface area contributed by atoms with Crippen molar-refractivity contribution < 1.29 is 4.74 Å². The molecule has 5 rings (SSSR count). The number of fused-ring (bicyclic) bond motifs is 3. The maximum Gasteiger partial charge on any atom is 0.292 e. The molecule has 0 atom stereocenters. The third-order valence-corrected chi connectivity index (χ3v) is 4.83. The van der Waals surface area contributed by atoms with Crippen LogP contribution in [0.15, 0.2) is 103 Å². The second-order valence-corrected chi connectivity index (χ2v) is 6.55. The van der Waals surface area contributed by atoms with Crippen LogP contribution in [0.2, 0.25) is 0 Å². The average molecular weight is 361 g/mol. The van der Waals surface area contributed by atoms with Gasteiger partial charge in [-0.25, -0.2) is 0 Å². The van der Waals surface area contributed by atoms with Crippen LogP contribution in [0.1, 0.15) is 11.1 Å². The SMILES string of the molecule is N#COc1ccccc1-c1ccccc1.c1ccc2c(c1)Cc1ccccc1-2. The summed E-state index contributed by atoms with van der Waals surface area (Å²) in [4.78, 5) is 0. The fourth-order valence-electron chi connectivity index (χ4n) is 3.54. The Labute approximate surface area is 165 Å². The van der Waals surface area contributed by atoms with Crippen LogP contribution >= 0.6 is 0 Å². The zero-order valence-electron chi connectivity index (χ0n) is 15.4. The number of rotatable bonds is 2. The van der Waals surface area contributed by atoms with Gasteiger partial charge in [-0.1, -0.05) is 97.1 Å². The van der Waals surface area contributed by atoms with Crippen molar-refractivity contribution in [3.63, 3.8) is 0 Å². The molecule has 0 spiro atoms. The van der Waals surface area contributed by atoms with E-state index < -0.39 is 0 Å². The number of hydrogen-bond donors (Lipinski definition) is 0. The Morgan fingerprint density at radius 3 is 1.68 bits per heavy atom. The van der Waals surface area contributed by atoms with Crippen molar-refractivity contribution in [1.82, 2.24) is 0 Å². The highest BCUT2D eigenvalue weighted by molar-refractivity contribution is 5.76. The Morgan fingerprint density at radius 2 is 1.07 bits per heavy atom. The summed E-state index contributed by atoms with van der Waals surface area (Å²) in [5, 5.41) is 8.52. The van der Waals surface area contributed by atoms with Crippen LogP contribution in [0.4, 0.5) is 0 Å². The van der Waals surface area contributed by atoms with Crippen molar-refractivity contribution in [3.05, 3.63) is 114 Å². The molecular weight excluding hydrogens is 342 g/mol. The summed E-state index contributed by atoms with van der Waals surface area (Å²) in [6.07, 6.45) is 2.80. The fraction of sp³-hybridized carbons (Fsp3) is 0.0385. The molecule has 0 amide bonds. The molecule has 4 aromatic rings. The molecule has 0 heterocycles. The van der Waals surface area contributed by atoms with Gasteiger partial charge in [-0.15, -0.1) is 5.26 Å². The first-order valence-electron chi connectivity index (χ1n) is 9.23. The molecule has 0 radical (unpaired) electrons. The number of para-hydroxylation sites is 1. The molecule has 1 aliphatic carbocycles. The highest BCUT2D eigenvalue weighted by Gasteiger charge is 2.15. The predicted molar refractivity (Wildman–Crippen MR) is 113 cm³/mol. The molecule has 0 saturated heterocycles. The number of nitrogens with zero attached hydrogens (tertiary/aromatic N) is 1. The second kappa shape index (κ2) is 8.24. The van der Waals surface area contributed by atoms with Crippen LogP contribution in [0.3, 0.4) is 0 Å². The van der Waals surface area contributed by atoms with Crippen LogP contribution in [0, 0.1) is 11.5 Å². The van der Waals surface area contributed by atoms with Gasteiger partial charge in [0.25, 0.3) is 6.26 Å². The highest BCUT2D eigenvalue weighted by Crippen LogP contribution is 2.35. The van der Waals surface area contributed by atoms with E-state index in [2.05, 4.69) is 48.5 Å². The van der Waals surface area contributed by atoms with Crippen molar-refractivity contribution >= 4 is 0 Å². The van der Waals surface area contributed by atoms with E-state index in [1.54, 1.807) is 12.3 Å². The van der Waals surface area contributed by atoms with Crippen LogP contribution in [-0.2, 0) is 6.42 Å². The highest BCUT2D eigenvalue weighted by atomic mass is 16.5. The zero-order valence-corrected chi connectivity index (χ0v) is 15.4. The summed E-state index contributed by atoms with van der Waals surface area (Å²) < 4.78 is 4.90. The third-order valence-electron chi connectivity index (χ3n) is 4.83. The van der Waals surface area contributed by atoms with E-state index in [1.165, 1.54) is 22.3 Å². The molecule has 0 N–H and O–H groups in total. The lowest BCUT2D eigenvalue weighted by atomic mass is 10.1. The number of nitriles is 1. The number of hydrogen-bond acceptors (Lipinski definition) is 2. The average Bonchev–Trinajstić information content (AvgIpc) is 3.14. The van der Waals surface area contributed by atoms with E-state index in [-0.39, 0.29) is 0 Å². The van der Waals surface area contributed by atoms with Gasteiger partial charge in [0.1, 0.15) is 5.75 Å². The molecule has 0 saturated carbocycles. The van der Waals surface area contributed by atoms with Crippen LogP contribution in [0.5, 0.6) is 5.75 Å². The van der Waals surface area contributed by atoms with Gasteiger partial charge in [0.15, 0.2) is 0 Å². The molecule has 0 bridgehead atoms. The Bertz CT molecular complexity index is 1080. The monoisotopic (exact) mass is 361 g/mol. The molecule has 4 aromatic carbocycles. The van der Waals surface area contributed by atoms with E-state index in [4.69, 9.17) is 10.00 Å². The van der Waals surface area contributed by atoms with Crippen molar-refractivity contribution in [1.29, 1.82) is 5.26 Å². The summed E-state index contributed by atoms with van der Waals surface area (Å²) in [7, 11) is 0. The Hall–Kier alpha value is -3.83. The maximum absolute atomic E-state index is 8.52. The lowest BCUT2D eigenvalue weighted by Crippen LogP contribution is -1.86. The summed E-state index contributed by atoms with van der Waals surface area (Å²) in [6.45, 7) is 0. The van der Waals surface area contributed by atoms with Crippen LogP contribution in [0.25, 0.3) is 22.3 Å². The Balaban J connectivity index is 0.000000138. The van der Waals surface area contributed by atoms with E-state index >= 15 is 0 Å². The number of ether oxygens (including phenoxy) is 1. The topological polar surface area (TPSA) is 33.0 Å². The predicted octanol–water partition coefficient (Wildman–Crippen LogP) is 6.47. The minimum absolute atomic E-state index is 0.589.